The summed E-state index contributed by atoms with van der Waals surface area (Å²) in [6.45, 7) is 2.10. The van der Waals surface area contributed by atoms with Crippen LogP contribution in [0.15, 0.2) is 41.6 Å². The van der Waals surface area contributed by atoms with Crippen molar-refractivity contribution in [1.29, 1.82) is 0 Å². The molecule has 0 aliphatic carbocycles. The summed E-state index contributed by atoms with van der Waals surface area (Å²) in [6.07, 6.45) is 6.83. The lowest BCUT2D eigenvalue weighted by atomic mass is 10.2. The van der Waals surface area contributed by atoms with E-state index in [2.05, 4.69) is 15.3 Å². The molecule has 0 saturated carbocycles. The SMILES string of the molecule is Cc1ccc(NC(=O)COC(=O)CN(C)c2ncccn2)cc1S(=O)(=O)N1CCCCCC1. The Morgan fingerprint density at radius 3 is 2.45 bits per heavy atom. The second kappa shape index (κ2) is 11.2. The Labute approximate surface area is 194 Å². The summed E-state index contributed by atoms with van der Waals surface area (Å²) in [5.41, 5.74) is 0.930. The molecule has 3 rings (SSSR count). The third-order valence-corrected chi connectivity index (χ3v) is 7.32. The Balaban J connectivity index is 1.58. The number of amides is 1. The Morgan fingerprint density at radius 1 is 1.12 bits per heavy atom. The fourth-order valence-electron chi connectivity index (χ4n) is 3.52. The van der Waals surface area contributed by atoms with Crippen LogP contribution in [0.2, 0.25) is 0 Å². The number of rotatable bonds is 8. The summed E-state index contributed by atoms with van der Waals surface area (Å²) in [5.74, 6) is -0.825. The van der Waals surface area contributed by atoms with Crippen molar-refractivity contribution in [2.45, 2.75) is 37.5 Å². The number of hydrogen-bond donors (Lipinski definition) is 1. The molecule has 178 valence electrons. The number of carbonyl (C=O) groups is 2. The van der Waals surface area contributed by atoms with Crippen molar-refractivity contribution >= 4 is 33.5 Å². The number of aromatic nitrogens is 2. The van der Waals surface area contributed by atoms with E-state index in [1.54, 1.807) is 44.6 Å². The number of carbonyl (C=O) groups excluding carboxylic acids is 2. The van der Waals surface area contributed by atoms with Gasteiger partial charge in [0.2, 0.25) is 16.0 Å². The van der Waals surface area contributed by atoms with Gasteiger partial charge in [-0.15, -0.1) is 0 Å². The molecule has 0 radical (unpaired) electrons. The van der Waals surface area contributed by atoms with E-state index in [1.807, 2.05) is 0 Å². The predicted octanol–water partition coefficient (Wildman–Crippen LogP) is 1.97. The third kappa shape index (κ3) is 6.72. The minimum atomic E-state index is -3.66. The molecule has 2 heterocycles. The third-order valence-electron chi connectivity index (χ3n) is 5.28. The first-order chi connectivity index (χ1) is 15.8. The van der Waals surface area contributed by atoms with Crippen LogP contribution in [0.3, 0.4) is 0 Å². The highest BCUT2D eigenvalue weighted by Gasteiger charge is 2.27. The van der Waals surface area contributed by atoms with Gasteiger partial charge in [-0.2, -0.15) is 4.31 Å². The zero-order valence-electron chi connectivity index (χ0n) is 18.9. The van der Waals surface area contributed by atoms with Crippen molar-refractivity contribution in [2.24, 2.45) is 0 Å². The minimum absolute atomic E-state index is 0.125. The van der Waals surface area contributed by atoms with Crippen LogP contribution in [-0.2, 0) is 24.3 Å². The zero-order valence-corrected chi connectivity index (χ0v) is 19.7. The van der Waals surface area contributed by atoms with E-state index in [0.717, 1.165) is 25.7 Å². The van der Waals surface area contributed by atoms with E-state index >= 15 is 0 Å². The lowest BCUT2D eigenvalue weighted by Gasteiger charge is -2.21. The second-order valence-corrected chi connectivity index (χ2v) is 9.82. The van der Waals surface area contributed by atoms with Crippen LogP contribution in [0.25, 0.3) is 0 Å². The molecule has 1 aromatic heterocycles. The number of nitrogens with one attached hydrogen (secondary N) is 1. The van der Waals surface area contributed by atoms with Gasteiger partial charge in [-0.25, -0.2) is 18.4 Å². The largest absolute Gasteiger partial charge is 0.454 e. The Hall–Kier alpha value is -3.05. The van der Waals surface area contributed by atoms with Crippen LogP contribution in [0.5, 0.6) is 0 Å². The van der Waals surface area contributed by atoms with Crippen LogP contribution >= 0.6 is 0 Å². The van der Waals surface area contributed by atoms with Crippen molar-refractivity contribution in [3.05, 3.63) is 42.2 Å². The molecule has 1 saturated heterocycles. The normalized spacial score (nSPS) is 14.8. The molecule has 33 heavy (non-hydrogen) atoms. The quantitative estimate of drug-likeness (QED) is 0.575. The number of aryl methyl sites for hydroxylation is 1. The second-order valence-electron chi connectivity index (χ2n) is 7.91. The topological polar surface area (TPSA) is 122 Å². The highest BCUT2D eigenvalue weighted by Crippen LogP contribution is 2.25. The Morgan fingerprint density at radius 2 is 1.79 bits per heavy atom. The highest BCUT2D eigenvalue weighted by atomic mass is 32.2. The summed E-state index contributed by atoms with van der Waals surface area (Å²) in [6, 6.07) is 6.39. The van der Waals surface area contributed by atoms with Crippen LogP contribution in [0.1, 0.15) is 31.2 Å². The number of benzene rings is 1. The lowest BCUT2D eigenvalue weighted by molar-refractivity contribution is -0.145. The van der Waals surface area contributed by atoms with Gasteiger partial charge in [0.05, 0.1) is 4.90 Å². The molecular formula is C22H29N5O5S. The zero-order chi connectivity index (χ0) is 23.8. The van der Waals surface area contributed by atoms with Gasteiger partial charge in [-0.1, -0.05) is 18.9 Å². The molecule has 10 nitrogen and oxygen atoms in total. The standard InChI is InChI=1S/C22H29N5O5S/c1-17-8-9-18(14-19(17)33(30,31)27-12-5-3-4-6-13-27)25-20(28)16-32-21(29)15-26(2)22-23-10-7-11-24-22/h7-11,14H,3-6,12-13,15-16H2,1-2H3,(H,25,28). The lowest BCUT2D eigenvalue weighted by Crippen LogP contribution is -2.32. The molecule has 2 aromatic rings. The molecular weight excluding hydrogens is 446 g/mol. The van der Waals surface area contributed by atoms with Crippen molar-refractivity contribution in [2.75, 3.05) is 43.5 Å². The number of esters is 1. The molecule has 11 heteroatoms. The molecule has 0 bridgehead atoms. The number of ether oxygens (including phenoxy) is 1. The van der Waals surface area contributed by atoms with E-state index in [1.165, 1.54) is 15.3 Å². The van der Waals surface area contributed by atoms with Crippen LogP contribution in [0.4, 0.5) is 11.6 Å². The summed E-state index contributed by atoms with van der Waals surface area (Å²) < 4.78 is 32.9. The van der Waals surface area contributed by atoms with E-state index in [0.29, 0.717) is 30.3 Å². The maximum atomic E-state index is 13.2. The van der Waals surface area contributed by atoms with Crippen molar-refractivity contribution in [3.8, 4) is 0 Å². The maximum Gasteiger partial charge on any atom is 0.326 e. The summed E-state index contributed by atoms with van der Waals surface area (Å²) in [7, 11) is -2.03. The molecule has 1 aliphatic heterocycles. The fourth-order valence-corrected chi connectivity index (χ4v) is 5.29. The highest BCUT2D eigenvalue weighted by molar-refractivity contribution is 7.89. The first-order valence-corrected chi connectivity index (χ1v) is 12.3. The predicted molar refractivity (Wildman–Crippen MR) is 123 cm³/mol. The van der Waals surface area contributed by atoms with E-state index in [4.69, 9.17) is 4.74 Å². The Bertz CT molecular complexity index is 1070. The smallest absolute Gasteiger partial charge is 0.326 e. The van der Waals surface area contributed by atoms with E-state index < -0.39 is 28.5 Å². The molecule has 0 unspecified atom stereocenters. The monoisotopic (exact) mass is 475 g/mol. The van der Waals surface area contributed by atoms with Gasteiger partial charge in [0.1, 0.15) is 6.54 Å². The first-order valence-electron chi connectivity index (χ1n) is 10.8. The van der Waals surface area contributed by atoms with Gasteiger partial charge in [0.25, 0.3) is 5.91 Å². The molecule has 1 N–H and O–H groups in total. The van der Waals surface area contributed by atoms with Crippen molar-refractivity contribution < 1.29 is 22.7 Å². The van der Waals surface area contributed by atoms with Crippen LogP contribution < -0.4 is 10.2 Å². The summed E-state index contributed by atoms with van der Waals surface area (Å²) in [4.78, 5) is 34.0. The van der Waals surface area contributed by atoms with E-state index in [9.17, 15) is 18.0 Å². The summed E-state index contributed by atoms with van der Waals surface area (Å²) >= 11 is 0. The molecule has 1 aromatic carbocycles. The van der Waals surface area contributed by atoms with E-state index in [-0.39, 0.29) is 11.4 Å². The average Bonchev–Trinajstić information content (AvgIpc) is 3.10. The fraction of sp³-hybridized carbons (Fsp3) is 0.455. The van der Waals surface area contributed by atoms with Gasteiger partial charge >= 0.3 is 5.97 Å². The van der Waals surface area contributed by atoms with Gasteiger partial charge in [0, 0.05) is 38.2 Å². The van der Waals surface area contributed by atoms with Gasteiger partial charge in [-0.05, 0) is 43.5 Å². The maximum absolute atomic E-state index is 13.2. The van der Waals surface area contributed by atoms with Crippen LogP contribution in [-0.4, -0.2) is 67.9 Å². The summed E-state index contributed by atoms with van der Waals surface area (Å²) in [5, 5.41) is 2.60. The first kappa shape index (κ1) is 24.6. The Kier molecular flexibility index (Phi) is 8.34. The van der Waals surface area contributed by atoms with Crippen LogP contribution in [0, 0.1) is 6.92 Å². The van der Waals surface area contributed by atoms with Gasteiger partial charge in [-0.3, -0.25) is 9.59 Å². The number of sulfonamides is 1. The number of anilines is 2. The van der Waals surface area contributed by atoms with Gasteiger partial charge < -0.3 is 15.0 Å². The molecule has 1 amide bonds. The molecule has 1 aliphatic rings. The van der Waals surface area contributed by atoms with Crippen molar-refractivity contribution in [3.63, 3.8) is 0 Å². The number of nitrogens with zero attached hydrogens (tertiary/aromatic N) is 4. The van der Waals surface area contributed by atoms with Crippen molar-refractivity contribution in [1.82, 2.24) is 14.3 Å². The number of hydrogen-bond acceptors (Lipinski definition) is 8. The molecule has 0 spiro atoms. The van der Waals surface area contributed by atoms with Gasteiger partial charge in [0.15, 0.2) is 6.61 Å². The average molecular weight is 476 g/mol. The minimum Gasteiger partial charge on any atom is -0.454 e. The molecule has 1 fully saturated rings. The molecule has 0 atom stereocenters. The number of likely N-dealkylation sites (N-methyl/N-ethyl adjacent to an activating group) is 1.